The summed E-state index contributed by atoms with van der Waals surface area (Å²) in [6.45, 7) is 2.35. The van der Waals surface area contributed by atoms with Crippen molar-refractivity contribution in [3.05, 3.63) is 120 Å². The molecule has 0 aliphatic carbocycles. The van der Waals surface area contributed by atoms with Gasteiger partial charge in [0, 0.05) is 23.5 Å². The Morgan fingerprint density at radius 3 is 2.08 bits per heavy atom. The molecule has 2 N–H and O–H groups in total. The van der Waals surface area contributed by atoms with Crippen LogP contribution in [0.25, 0.3) is 0 Å². The number of hydrogen-bond acceptors (Lipinski definition) is 5. The quantitative estimate of drug-likeness (QED) is 0.239. The van der Waals surface area contributed by atoms with Gasteiger partial charge < -0.3 is 10.6 Å². The number of benzene rings is 4. The largest absolute Gasteiger partial charge is 0.348 e. The van der Waals surface area contributed by atoms with Crippen molar-refractivity contribution < 1.29 is 18.0 Å². The van der Waals surface area contributed by atoms with E-state index >= 15 is 0 Å². The van der Waals surface area contributed by atoms with Gasteiger partial charge in [-0.25, -0.2) is 8.42 Å². The van der Waals surface area contributed by atoms with Gasteiger partial charge in [-0.1, -0.05) is 42.5 Å². The third-order valence-electron chi connectivity index (χ3n) is 6.07. The summed E-state index contributed by atoms with van der Waals surface area (Å²) >= 11 is 1.54. The molecule has 4 rings (SSSR count). The monoisotopic (exact) mass is 559 g/mol. The van der Waals surface area contributed by atoms with Gasteiger partial charge in [0.15, 0.2) is 0 Å². The fourth-order valence-electron chi connectivity index (χ4n) is 4.00. The molecular weight excluding hydrogens is 530 g/mol. The van der Waals surface area contributed by atoms with Crippen LogP contribution in [-0.4, -0.2) is 33.0 Å². The average Bonchev–Trinajstić information content (AvgIpc) is 2.97. The first-order valence-corrected chi connectivity index (χ1v) is 15.0. The molecule has 0 saturated carbocycles. The van der Waals surface area contributed by atoms with Gasteiger partial charge in [0.1, 0.15) is 0 Å². The van der Waals surface area contributed by atoms with Gasteiger partial charge in [0.25, 0.3) is 21.8 Å². The molecule has 0 fully saturated rings. The minimum atomic E-state index is -3.77. The van der Waals surface area contributed by atoms with Gasteiger partial charge in [-0.15, -0.1) is 11.8 Å². The van der Waals surface area contributed by atoms with Crippen molar-refractivity contribution in [3.8, 4) is 0 Å². The van der Waals surface area contributed by atoms with E-state index in [4.69, 9.17) is 0 Å². The summed E-state index contributed by atoms with van der Waals surface area (Å²) < 4.78 is 27.8. The van der Waals surface area contributed by atoms with Crippen molar-refractivity contribution in [1.29, 1.82) is 0 Å². The van der Waals surface area contributed by atoms with Gasteiger partial charge >= 0.3 is 0 Å². The maximum absolute atomic E-state index is 13.3. The summed E-state index contributed by atoms with van der Waals surface area (Å²) in [6.07, 6.45) is 1.93. The summed E-state index contributed by atoms with van der Waals surface area (Å²) in [5.74, 6) is -0.720. The lowest BCUT2D eigenvalue weighted by Crippen LogP contribution is -2.30. The number of para-hydroxylation sites is 1. The lowest BCUT2D eigenvalue weighted by Gasteiger charge is -2.23. The topological polar surface area (TPSA) is 95.6 Å². The SMILES string of the molecule is CCN(c1ccc(C(=O)Nc2ccccc2C(=O)NCc2ccccc2)cc1)S(=O)(=O)c1ccc(SC)cc1. The molecule has 7 nitrogen and oxygen atoms in total. The average molecular weight is 560 g/mol. The van der Waals surface area contributed by atoms with Crippen molar-refractivity contribution in [1.82, 2.24) is 5.32 Å². The molecule has 0 bridgehead atoms. The van der Waals surface area contributed by atoms with Crippen LogP contribution in [0.5, 0.6) is 0 Å². The first-order chi connectivity index (χ1) is 18.8. The Hall–Kier alpha value is -4.08. The van der Waals surface area contributed by atoms with E-state index < -0.39 is 15.9 Å². The molecule has 200 valence electrons. The van der Waals surface area contributed by atoms with Crippen LogP contribution in [-0.2, 0) is 16.6 Å². The molecule has 4 aromatic carbocycles. The van der Waals surface area contributed by atoms with Crippen LogP contribution in [0.1, 0.15) is 33.2 Å². The van der Waals surface area contributed by atoms with Crippen molar-refractivity contribution in [2.24, 2.45) is 0 Å². The van der Waals surface area contributed by atoms with Crippen LogP contribution in [0.4, 0.5) is 11.4 Å². The number of sulfonamides is 1. The summed E-state index contributed by atoms with van der Waals surface area (Å²) in [6, 6.07) is 29.4. The fraction of sp³-hybridized carbons (Fsp3) is 0.133. The van der Waals surface area contributed by atoms with Gasteiger partial charge in [-0.05, 0) is 79.4 Å². The summed E-state index contributed by atoms with van der Waals surface area (Å²) in [4.78, 5) is 27.0. The number of rotatable bonds is 10. The van der Waals surface area contributed by atoms with Crippen molar-refractivity contribution in [2.75, 3.05) is 22.4 Å². The Morgan fingerprint density at radius 2 is 1.44 bits per heavy atom. The van der Waals surface area contributed by atoms with E-state index in [1.807, 2.05) is 36.6 Å². The second-order valence-electron chi connectivity index (χ2n) is 8.56. The molecule has 0 aliphatic heterocycles. The summed E-state index contributed by atoms with van der Waals surface area (Å²) in [5, 5.41) is 5.68. The smallest absolute Gasteiger partial charge is 0.264 e. The molecule has 9 heteroatoms. The predicted octanol–water partition coefficient (Wildman–Crippen LogP) is 5.81. The highest BCUT2D eigenvalue weighted by Gasteiger charge is 2.24. The highest BCUT2D eigenvalue weighted by atomic mass is 32.2. The lowest BCUT2D eigenvalue weighted by atomic mass is 10.1. The van der Waals surface area contributed by atoms with E-state index in [9.17, 15) is 18.0 Å². The maximum atomic E-state index is 13.3. The second kappa shape index (κ2) is 12.6. The third kappa shape index (κ3) is 6.68. The highest BCUT2D eigenvalue weighted by molar-refractivity contribution is 7.98. The molecule has 2 amide bonds. The zero-order chi connectivity index (χ0) is 27.8. The Labute approximate surface area is 233 Å². The normalized spacial score (nSPS) is 11.0. The number of nitrogens with one attached hydrogen (secondary N) is 2. The van der Waals surface area contributed by atoms with Crippen molar-refractivity contribution >= 4 is 45.0 Å². The summed E-state index contributed by atoms with van der Waals surface area (Å²) in [7, 11) is -3.77. The number of anilines is 2. The zero-order valence-electron chi connectivity index (χ0n) is 21.6. The number of carbonyl (C=O) groups excluding carboxylic acids is 2. The minimum absolute atomic E-state index is 0.200. The second-order valence-corrected chi connectivity index (χ2v) is 11.3. The molecule has 0 saturated heterocycles. The lowest BCUT2D eigenvalue weighted by molar-refractivity contribution is 0.0951. The standard InChI is InChI=1S/C30H29N3O4S2/c1-3-33(39(36,37)26-19-17-25(38-2)18-20-26)24-15-13-23(14-16-24)29(34)32-28-12-8-7-11-27(28)30(35)31-21-22-9-5-4-6-10-22/h4-20H,3,21H2,1-2H3,(H,31,35)(H,32,34). The number of thioether (sulfide) groups is 1. The van der Waals surface area contributed by atoms with E-state index in [0.717, 1.165) is 10.5 Å². The molecule has 0 spiro atoms. The van der Waals surface area contributed by atoms with Crippen LogP contribution in [0.3, 0.4) is 0 Å². The van der Waals surface area contributed by atoms with Crippen LogP contribution < -0.4 is 14.9 Å². The number of amides is 2. The Balaban J connectivity index is 1.47. The molecule has 0 radical (unpaired) electrons. The van der Waals surface area contributed by atoms with Gasteiger partial charge in [-0.2, -0.15) is 0 Å². The van der Waals surface area contributed by atoms with E-state index in [1.54, 1.807) is 79.7 Å². The molecule has 0 aliphatic rings. The van der Waals surface area contributed by atoms with E-state index in [0.29, 0.717) is 29.0 Å². The van der Waals surface area contributed by atoms with Crippen LogP contribution in [0, 0.1) is 0 Å². The van der Waals surface area contributed by atoms with Crippen LogP contribution >= 0.6 is 11.8 Å². The Kier molecular flexibility index (Phi) is 9.06. The molecule has 0 unspecified atom stereocenters. The molecule has 0 atom stereocenters. The van der Waals surface area contributed by atoms with Crippen molar-refractivity contribution in [3.63, 3.8) is 0 Å². The maximum Gasteiger partial charge on any atom is 0.264 e. The third-order valence-corrected chi connectivity index (χ3v) is 8.73. The number of carbonyl (C=O) groups is 2. The summed E-state index contributed by atoms with van der Waals surface area (Å²) in [5.41, 5.74) is 2.46. The van der Waals surface area contributed by atoms with Gasteiger partial charge in [0.2, 0.25) is 0 Å². The van der Waals surface area contributed by atoms with Gasteiger partial charge in [-0.3, -0.25) is 13.9 Å². The molecule has 39 heavy (non-hydrogen) atoms. The van der Waals surface area contributed by atoms with Crippen LogP contribution in [0.2, 0.25) is 0 Å². The highest BCUT2D eigenvalue weighted by Crippen LogP contribution is 2.26. The predicted molar refractivity (Wildman–Crippen MR) is 157 cm³/mol. The van der Waals surface area contributed by atoms with Gasteiger partial charge in [0.05, 0.1) is 21.8 Å². The molecule has 0 aromatic heterocycles. The number of nitrogens with zero attached hydrogens (tertiary/aromatic N) is 1. The number of hydrogen-bond donors (Lipinski definition) is 2. The fourth-order valence-corrected chi connectivity index (χ4v) is 5.89. The van der Waals surface area contributed by atoms with Crippen LogP contribution in [0.15, 0.2) is 113 Å². The molecule has 4 aromatic rings. The van der Waals surface area contributed by atoms with E-state index in [2.05, 4.69) is 10.6 Å². The van der Waals surface area contributed by atoms with Crippen molar-refractivity contribution in [2.45, 2.75) is 23.3 Å². The van der Waals surface area contributed by atoms with E-state index in [1.165, 1.54) is 16.1 Å². The minimum Gasteiger partial charge on any atom is -0.348 e. The Bertz CT molecular complexity index is 1540. The first kappa shape index (κ1) is 27.9. The Morgan fingerprint density at radius 1 is 0.795 bits per heavy atom. The first-order valence-electron chi connectivity index (χ1n) is 12.3. The molecular formula is C30H29N3O4S2. The zero-order valence-corrected chi connectivity index (χ0v) is 23.3. The van der Waals surface area contributed by atoms with E-state index in [-0.39, 0.29) is 17.3 Å². The molecule has 0 heterocycles.